The molecule has 1 aliphatic heterocycles. The Morgan fingerprint density at radius 3 is 2.12 bits per heavy atom. The minimum atomic E-state index is -1.57. The Morgan fingerprint density at radius 1 is 0.844 bits per heavy atom. The van der Waals surface area contributed by atoms with Gasteiger partial charge in [-0.05, 0) is 75.2 Å². The summed E-state index contributed by atoms with van der Waals surface area (Å²) in [6, 6.07) is 23.8. The van der Waals surface area contributed by atoms with E-state index >= 15 is 0 Å². The van der Waals surface area contributed by atoms with Gasteiger partial charge in [0.15, 0.2) is 0 Å². The summed E-state index contributed by atoms with van der Waals surface area (Å²) in [7, 11) is -1.57. The van der Waals surface area contributed by atoms with Gasteiger partial charge in [-0.15, -0.1) is 4.33 Å². The highest BCUT2D eigenvalue weighted by Gasteiger charge is 2.29. The number of rotatable bonds is 7. The molecule has 1 aliphatic rings. The van der Waals surface area contributed by atoms with Gasteiger partial charge in [-0.2, -0.15) is 0 Å². The van der Waals surface area contributed by atoms with Crippen LogP contribution in [0.15, 0.2) is 71.6 Å². The van der Waals surface area contributed by atoms with Crippen LogP contribution in [0.5, 0.6) is 0 Å². The third-order valence-electron chi connectivity index (χ3n) is 6.23. The topological polar surface area (TPSA) is 55.7 Å². The Hall–Kier alpha value is -2.51. The smallest absolute Gasteiger partial charge is 0.411 e. The molecule has 0 aliphatic carbocycles. The number of nitrogens with zero attached hydrogens (tertiary/aromatic N) is 1. The van der Waals surface area contributed by atoms with Crippen molar-refractivity contribution in [3.63, 3.8) is 0 Å². The molecule has 0 bridgehead atoms. The molecule has 0 saturated heterocycles. The van der Waals surface area contributed by atoms with Crippen LogP contribution in [0.3, 0.4) is 0 Å². The van der Waals surface area contributed by atoms with Gasteiger partial charge < -0.3 is 15.5 Å². The number of anilines is 1. The van der Waals surface area contributed by atoms with Crippen LogP contribution in [0.2, 0.25) is 0 Å². The maximum Gasteiger partial charge on any atom is 0.582 e. The molecule has 32 heavy (non-hydrogen) atoms. The molecule has 0 radical (unpaired) electrons. The summed E-state index contributed by atoms with van der Waals surface area (Å²) in [6.07, 6.45) is 6.10. The third kappa shape index (κ3) is 3.88. The Bertz CT molecular complexity index is 1220. The van der Waals surface area contributed by atoms with Gasteiger partial charge in [0.25, 0.3) is 0 Å². The molecule has 162 valence electrons. The van der Waals surface area contributed by atoms with Crippen molar-refractivity contribution in [2.45, 2.75) is 43.9 Å². The summed E-state index contributed by atoms with van der Waals surface area (Å²) in [4.78, 5) is 0.975. The van der Waals surface area contributed by atoms with Crippen LogP contribution < -0.4 is 5.43 Å². The molecule has 6 heteroatoms. The molecule has 4 aromatic carbocycles. The number of aryl methyl sites for hydroxylation is 1. The summed E-state index contributed by atoms with van der Waals surface area (Å²) < 4.78 is 1.34. The molecule has 0 spiro atoms. The quantitative estimate of drug-likeness (QED) is 0.134. The second kappa shape index (κ2) is 9.16. The number of hydrogen-bond donors (Lipinski definition) is 3. The first-order chi connectivity index (χ1) is 15.7. The van der Waals surface area contributed by atoms with Crippen molar-refractivity contribution in [1.29, 1.82) is 0 Å². The van der Waals surface area contributed by atoms with E-state index in [1.807, 2.05) is 6.07 Å². The number of nitrogens with one attached hydrogen (secondary N) is 1. The first kappa shape index (κ1) is 21.3. The normalized spacial score (nSPS) is 13.5. The Morgan fingerprint density at radius 2 is 1.50 bits per heavy atom. The van der Waals surface area contributed by atoms with E-state index in [0.29, 0.717) is 0 Å². The molecule has 3 N–H and O–H groups in total. The van der Waals surface area contributed by atoms with Gasteiger partial charge >= 0.3 is 7.25 Å². The van der Waals surface area contributed by atoms with Crippen LogP contribution in [0, 0.1) is 0 Å². The molecule has 4 nitrogen and oxygen atoms in total. The van der Waals surface area contributed by atoms with Gasteiger partial charge in [0.1, 0.15) is 0 Å². The fraction of sp³-hybridized carbons (Fsp3) is 0.231. The Labute approximate surface area is 193 Å². The van der Waals surface area contributed by atoms with E-state index in [1.165, 1.54) is 74.6 Å². The number of benzene rings is 4. The second-order valence-electron chi connectivity index (χ2n) is 8.34. The molecule has 0 atom stereocenters. The molecule has 0 aromatic heterocycles. The maximum absolute atomic E-state index is 9.53. The van der Waals surface area contributed by atoms with E-state index in [2.05, 4.69) is 73.0 Å². The van der Waals surface area contributed by atoms with Crippen molar-refractivity contribution < 1.29 is 10.0 Å². The maximum atomic E-state index is 9.53. The van der Waals surface area contributed by atoms with E-state index < -0.39 is 7.25 Å². The Balaban J connectivity index is 1.67. The summed E-state index contributed by atoms with van der Waals surface area (Å²) >= 11 is 1.29. The molecule has 1 heterocycles. The lowest BCUT2D eigenvalue weighted by Gasteiger charge is -2.18. The van der Waals surface area contributed by atoms with Crippen molar-refractivity contribution in [1.82, 2.24) is 4.33 Å². The largest absolute Gasteiger partial charge is 0.582 e. The highest BCUT2D eigenvalue weighted by atomic mass is 32.2. The number of fused-ring (bicyclic) bond motifs is 3. The van der Waals surface area contributed by atoms with Crippen LogP contribution in [0.25, 0.3) is 32.7 Å². The predicted molar refractivity (Wildman–Crippen MR) is 136 cm³/mol. The van der Waals surface area contributed by atoms with Crippen molar-refractivity contribution in [2.24, 2.45) is 0 Å². The summed E-state index contributed by atoms with van der Waals surface area (Å²) in [6.45, 7) is 2.25. The predicted octanol–water partition coefficient (Wildman–Crippen LogP) is 6.40. The van der Waals surface area contributed by atoms with Crippen LogP contribution in [0.1, 0.15) is 38.2 Å². The minimum absolute atomic E-state index is 0.886. The lowest BCUT2D eigenvalue weighted by atomic mass is 9.86. The molecular weight excluding hydrogens is 415 g/mol. The lowest BCUT2D eigenvalue weighted by Crippen LogP contribution is -2.35. The van der Waals surface area contributed by atoms with E-state index in [-0.39, 0.29) is 0 Å². The highest BCUT2D eigenvalue weighted by Crippen LogP contribution is 2.44. The average molecular weight is 442 g/mol. The summed E-state index contributed by atoms with van der Waals surface area (Å²) in [5, 5.41) is 24.2. The minimum Gasteiger partial charge on any atom is -0.411 e. The van der Waals surface area contributed by atoms with Crippen molar-refractivity contribution in [3.8, 4) is 11.1 Å². The zero-order chi connectivity index (χ0) is 22.1. The summed E-state index contributed by atoms with van der Waals surface area (Å²) in [5.74, 6) is 0. The van der Waals surface area contributed by atoms with E-state index in [1.54, 1.807) is 0 Å². The zero-order valence-electron chi connectivity index (χ0n) is 18.2. The van der Waals surface area contributed by atoms with Crippen LogP contribution in [-0.4, -0.2) is 21.6 Å². The second-order valence-corrected chi connectivity index (χ2v) is 9.36. The van der Waals surface area contributed by atoms with E-state index in [0.717, 1.165) is 22.6 Å². The molecule has 0 unspecified atom stereocenters. The standard InChI is InChI=1S/C26H27BN2O2S/c1-2-3-4-5-10-19-20-11-6-8-13-22(20)26(23-14-9-7-12-21(19)23)18-15-16-25-24(17-18)28-29(32-25)27(30)31/h6-9,11-17,28,30-31H,2-5,10H2,1H3. The van der Waals surface area contributed by atoms with Crippen molar-refractivity contribution in [2.75, 3.05) is 5.43 Å². The number of hydrogen-bond acceptors (Lipinski definition) is 5. The Kier molecular flexibility index (Phi) is 6.11. The van der Waals surface area contributed by atoms with Gasteiger partial charge in [0, 0.05) is 4.90 Å². The average Bonchev–Trinajstić information content (AvgIpc) is 3.25. The van der Waals surface area contributed by atoms with Gasteiger partial charge in [-0.3, -0.25) is 0 Å². The molecule has 4 aromatic rings. The number of unbranched alkanes of at least 4 members (excludes halogenated alkanes) is 3. The fourth-order valence-electron chi connectivity index (χ4n) is 4.73. The molecule has 0 saturated carbocycles. The molecule has 0 amide bonds. The highest BCUT2D eigenvalue weighted by molar-refractivity contribution is 7.98. The van der Waals surface area contributed by atoms with Gasteiger partial charge in [0.05, 0.1) is 5.69 Å². The molecular formula is C26H27BN2O2S. The summed E-state index contributed by atoms with van der Waals surface area (Å²) in [5.41, 5.74) is 7.77. The first-order valence-electron chi connectivity index (χ1n) is 11.3. The van der Waals surface area contributed by atoms with Crippen LogP contribution in [-0.2, 0) is 6.42 Å². The number of hydrazine groups is 1. The van der Waals surface area contributed by atoms with Crippen LogP contribution >= 0.6 is 11.9 Å². The van der Waals surface area contributed by atoms with Crippen molar-refractivity contribution in [3.05, 3.63) is 72.3 Å². The monoisotopic (exact) mass is 442 g/mol. The van der Waals surface area contributed by atoms with Crippen molar-refractivity contribution >= 4 is 46.4 Å². The van der Waals surface area contributed by atoms with Crippen LogP contribution in [0.4, 0.5) is 5.69 Å². The molecule has 5 rings (SSSR count). The third-order valence-corrected chi connectivity index (χ3v) is 7.26. The van der Waals surface area contributed by atoms with Gasteiger partial charge in [-0.1, -0.05) is 80.8 Å². The molecule has 0 fully saturated rings. The fourth-order valence-corrected chi connectivity index (χ4v) is 5.51. The SMILES string of the molecule is CCCCCCc1c2ccccc2c(-c2ccc3c(c2)NN(B(O)O)S3)c2ccccc12. The lowest BCUT2D eigenvalue weighted by molar-refractivity contribution is 0.360. The van der Waals surface area contributed by atoms with Gasteiger partial charge in [-0.25, -0.2) is 0 Å². The van der Waals surface area contributed by atoms with E-state index in [4.69, 9.17) is 0 Å². The van der Waals surface area contributed by atoms with Gasteiger partial charge in [0.2, 0.25) is 0 Å². The first-order valence-corrected chi connectivity index (χ1v) is 12.1. The zero-order valence-corrected chi connectivity index (χ0v) is 19.0. The van der Waals surface area contributed by atoms with E-state index in [9.17, 15) is 10.0 Å².